The predicted molar refractivity (Wildman–Crippen MR) is 108 cm³/mol. The number of likely N-dealkylation sites (tertiary alicyclic amines) is 1. The van der Waals surface area contributed by atoms with Crippen LogP contribution >= 0.6 is 0 Å². The van der Waals surface area contributed by atoms with Crippen LogP contribution in [0.3, 0.4) is 0 Å². The normalized spacial score (nSPS) is 18.1. The van der Waals surface area contributed by atoms with Gasteiger partial charge in [-0.15, -0.1) is 0 Å². The summed E-state index contributed by atoms with van der Waals surface area (Å²) in [4.78, 5) is 28.1. The van der Waals surface area contributed by atoms with E-state index in [0.29, 0.717) is 38.2 Å². The Bertz CT molecular complexity index is 890. The highest BCUT2D eigenvalue weighted by atomic mass is 16.6. The number of nitrogens with zero attached hydrogens (tertiary/aromatic N) is 2. The summed E-state index contributed by atoms with van der Waals surface area (Å²) in [5.74, 6) is 0. The van der Waals surface area contributed by atoms with Gasteiger partial charge in [-0.1, -0.05) is 67.2 Å². The van der Waals surface area contributed by atoms with Crippen molar-refractivity contribution in [3.63, 3.8) is 0 Å². The molecule has 6 heteroatoms. The molecule has 4 rings (SSSR count). The van der Waals surface area contributed by atoms with E-state index >= 15 is 0 Å². The maximum absolute atomic E-state index is 12.5. The second-order valence-corrected chi connectivity index (χ2v) is 7.41. The summed E-state index contributed by atoms with van der Waals surface area (Å²) in [6.07, 6.45) is 0.311. The molecule has 150 valence electrons. The minimum Gasteiger partial charge on any atom is -0.445 e. The monoisotopic (exact) mass is 392 g/mol. The Balaban J connectivity index is 1.34. The minimum atomic E-state index is -0.734. The van der Waals surface area contributed by atoms with Crippen LogP contribution in [0, 0.1) is 0 Å². The highest BCUT2D eigenvalue weighted by Gasteiger charge is 2.51. The summed E-state index contributed by atoms with van der Waals surface area (Å²) in [6.45, 7) is 5.74. The van der Waals surface area contributed by atoms with Crippen LogP contribution in [0.2, 0.25) is 0 Å². The average Bonchev–Trinajstić information content (AvgIpc) is 2.98. The number of ether oxygens (including phenoxy) is 2. The minimum absolute atomic E-state index is 0.244. The fraction of sp³-hybridized carbons (Fsp3) is 0.304. The molecule has 2 heterocycles. The van der Waals surface area contributed by atoms with Crippen LogP contribution in [-0.2, 0) is 22.6 Å². The summed E-state index contributed by atoms with van der Waals surface area (Å²) >= 11 is 0. The van der Waals surface area contributed by atoms with Gasteiger partial charge in [0.1, 0.15) is 6.61 Å². The van der Waals surface area contributed by atoms with Gasteiger partial charge in [0.25, 0.3) is 0 Å². The van der Waals surface area contributed by atoms with Crippen LogP contribution in [0.25, 0.3) is 0 Å². The van der Waals surface area contributed by atoms with E-state index in [9.17, 15) is 9.59 Å². The predicted octanol–water partition coefficient (Wildman–Crippen LogP) is 4.32. The van der Waals surface area contributed by atoms with Crippen LogP contribution in [-0.4, -0.2) is 40.7 Å². The van der Waals surface area contributed by atoms with Gasteiger partial charge in [0.2, 0.25) is 0 Å². The molecular weight excluding hydrogens is 368 g/mol. The number of rotatable bonds is 4. The zero-order chi connectivity index (χ0) is 20.3. The van der Waals surface area contributed by atoms with E-state index in [0.717, 1.165) is 11.1 Å². The number of amides is 2. The fourth-order valence-electron chi connectivity index (χ4n) is 3.81. The van der Waals surface area contributed by atoms with Gasteiger partial charge in [-0.3, -0.25) is 4.90 Å². The Morgan fingerprint density at radius 2 is 1.59 bits per heavy atom. The molecule has 2 aromatic rings. The molecule has 0 atom stereocenters. The zero-order valence-corrected chi connectivity index (χ0v) is 16.3. The van der Waals surface area contributed by atoms with Crippen molar-refractivity contribution in [2.75, 3.05) is 13.1 Å². The molecule has 0 unspecified atom stereocenters. The first-order valence-electron chi connectivity index (χ1n) is 9.77. The van der Waals surface area contributed by atoms with Crippen molar-refractivity contribution < 1.29 is 19.1 Å². The van der Waals surface area contributed by atoms with E-state index in [4.69, 9.17) is 9.47 Å². The maximum Gasteiger partial charge on any atom is 0.415 e. The summed E-state index contributed by atoms with van der Waals surface area (Å²) in [5.41, 5.74) is 1.90. The van der Waals surface area contributed by atoms with E-state index in [1.165, 1.54) is 0 Å². The fourth-order valence-corrected chi connectivity index (χ4v) is 3.81. The van der Waals surface area contributed by atoms with Gasteiger partial charge in [0.15, 0.2) is 5.60 Å². The molecule has 0 N–H and O–H groups in total. The van der Waals surface area contributed by atoms with E-state index in [1.807, 2.05) is 60.7 Å². The van der Waals surface area contributed by atoms with Crippen LogP contribution in [0.5, 0.6) is 0 Å². The number of hydrogen-bond acceptors (Lipinski definition) is 4. The number of benzene rings is 2. The van der Waals surface area contributed by atoms with Gasteiger partial charge >= 0.3 is 12.2 Å². The SMILES string of the molecule is C=C1N(Cc2ccccc2)C(=O)OC12CCN(C(=O)OCc1ccccc1)CC2. The Morgan fingerprint density at radius 3 is 2.21 bits per heavy atom. The first kappa shape index (κ1) is 19.1. The largest absolute Gasteiger partial charge is 0.445 e. The number of carbonyl (C=O) groups excluding carboxylic acids is 2. The molecule has 2 aliphatic heterocycles. The van der Waals surface area contributed by atoms with Crippen LogP contribution < -0.4 is 0 Å². The van der Waals surface area contributed by atoms with E-state index in [-0.39, 0.29) is 18.8 Å². The lowest BCUT2D eigenvalue weighted by atomic mass is 9.88. The summed E-state index contributed by atoms with van der Waals surface area (Å²) in [7, 11) is 0. The van der Waals surface area contributed by atoms with Crippen molar-refractivity contribution in [2.45, 2.75) is 31.6 Å². The standard InChI is InChI=1S/C23H24N2O4/c1-18-23(29-22(27)25(18)16-19-8-4-2-5-9-19)12-14-24(15-13-23)21(26)28-17-20-10-6-3-7-11-20/h2-11H,1,12-17H2. The van der Waals surface area contributed by atoms with Gasteiger partial charge < -0.3 is 14.4 Å². The van der Waals surface area contributed by atoms with Crippen LogP contribution in [0.1, 0.15) is 24.0 Å². The molecular formula is C23H24N2O4. The molecule has 0 aromatic heterocycles. The molecule has 2 aliphatic rings. The topological polar surface area (TPSA) is 59.1 Å². The summed E-state index contributed by atoms with van der Waals surface area (Å²) in [5, 5.41) is 0. The number of carbonyl (C=O) groups is 2. The van der Waals surface area contributed by atoms with E-state index < -0.39 is 5.60 Å². The summed E-state index contributed by atoms with van der Waals surface area (Å²) in [6, 6.07) is 19.3. The Labute approximate surface area is 170 Å². The van der Waals surface area contributed by atoms with Crippen molar-refractivity contribution in [3.8, 4) is 0 Å². The first-order valence-corrected chi connectivity index (χ1v) is 9.77. The second kappa shape index (κ2) is 7.99. The quantitative estimate of drug-likeness (QED) is 0.777. The Hall–Kier alpha value is -3.28. The molecule has 2 aromatic carbocycles. The molecule has 0 aliphatic carbocycles. The molecule has 2 saturated heterocycles. The molecule has 6 nitrogen and oxygen atoms in total. The highest BCUT2D eigenvalue weighted by Crippen LogP contribution is 2.41. The third kappa shape index (κ3) is 3.97. The van der Waals surface area contributed by atoms with Crippen molar-refractivity contribution in [1.82, 2.24) is 9.80 Å². The van der Waals surface area contributed by atoms with Gasteiger partial charge in [-0.05, 0) is 11.1 Å². The lowest BCUT2D eigenvalue weighted by Gasteiger charge is -2.37. The summed E-state index contributed by atoms with van der Waals surface area (Å²) < 4.78 is 11.2. The molecule has 0 saturated carbocycles. The van der Waals surface area contributed by atoms with Crippen molar-refractivity contribution >= 4 is 12.2 Å². The van der Waals surface area contributed by atoms with Crippen LogP contribution in [0.4, 0.5) is 9.59 Å². The lowest BCUT2D eigenvalue weighted by molar-refractivity contribution is 0.0109. The van der Waals surface area contributed by atoms with Gasteiger partial charge in [0, 0.05) is 25.9 Å². The third-order valence-corrected chi connectivity index (χ3v) is 5.57. The molecule has 0 radical (unpaired) electrons. The van der Waals surface area contributed by atoms with Crippen molar-refractivity contribution in [1.29, 1.82) is 0 Å². The number of piperidine rings is 1. The average molecular weight is 392 g/mol. The van der Waals surface area contributed by atoms with Crippen LogP contribution in [0.15, 0.2) is 72.9 Å². The Kier molecular flexibility index (Phi) is 5.25. The van der Waals surface area contributed by atoms with Gasteiger partial charge in [-0.2, -0.15) is 0 Å². The Morgan fingerprint density at radius 1 is 1.00 bits per heavy atom. The van der Waals surface area contributed by atoms with Crippen molar-refractivity contribution in [2.24, 2.45) is 0 Å². The van der Waals surface area contributed by atoms with Gasteiger partial charge in [-0.25, -0.2) is 9.59 Å². The smallest absolute Gasteiger partial charge is 0.415 e. The highest BCUT2D eigenvalue weighted by molar-refractivity contribution is 5.75. The van der Waals surface area contributed by atoms with Gasteiger partial charge in [0.05, 0.1) is 12.2 Å². The first-order chi connectivity index (χ1) is 14.1. The molecule has 0 bridgehead atoms. The third-order valence-electron chi connectivity index (χ3n) is 5.57. The van der Waals surface area contributed by atoms with E-state index in [2.05, 4.69) is 6.58 Å². The molecule has 1 spiro atoms. The molecule has 2 fully saturated rings. The molecule has 2 amide bonds. The zero-order valence-electron chi connectivity index (χ0n) is 16.3. The maximum atomic E-state index is 12.5. The number of hydrogen-bond donors (Lipinski definition) is 0. The second-order valence-electron chi connectivity index (χ2n) is 7.41. The lowest BCUT2D eigenvalue weighted by Crippen LogP contribution is -2.47. The molecule has 29 heavy (non-hydrogen) atoms. The van der Waals surface area contributed by atoms with Crippen molar-refractivity contribution in [3.05, 3.63) is 84.1 Å². The van der Waals surface area contributed by atoms with E-state index in [1.54, 1.807) is 9.80 Å².